The van der Waals surface area contributed by atoms with Gasteiger partial charge in [-0.25, -0.2) is 12.7 Å². The highest BCUT2D eigenvalue weighted by Gasteiger charge is 2.22. The molecule has 18 heavy (non-hydrogen) atoms. The fraction of sp³-hybridized carbons (Fsp3) is 0.333. The molecule has 0 spiro atoms. The summed E-state index contributed by atoms with van der Waals surface area (Å²) in [6.45, 7) is 4.08. The molecule has 0 unspecified atom stereocenters. The zero-order valence-electron chi connectivity index (χ0n) is 10.3. The number of hydrogen-bond donors (Lipinski definition) is 1. The van der Waals surface area contributed by atoms with Crippen LogP contribution in [0.2, 0.25) is 0 Å². The Kier molecular flexibility index (Phi) is 5.37. The van der Waals surface area contributed by atoms with Crippen molar-refractivity contribution < 1.29 is 8.42 Å². The predicted octanol–water partition coefficient (Wildman–Crippen LogP) is 2.62. The van der Waals surface area contributed by atoms with E-state index >= 15 is 0 Å². The number of nitrogens with two attached hydrogens (primary N) is 1. The molecule has 0 aliphatic rings. The maximum Gasteiger partial charge on any atom is 0.243 e. The Morgan fingerprint density at radius 2 is 2.17 bits per heavy atom. The van der Waals surface area contributed by atoms with Crippen LogP contribution in [-0.2, 0) is 10.0 Å². The van der Waals surface area contributed by atoms with E-state index in [1.54, 1.807) is 25.3 Å². The zero-order valence-corrected chi connectivity index (χ0v) is 12.7. The summed E-state index contributed by atoms with van der Waals surface area (Å²) in [5, 5.41) is 0. The van der Waals surface area contributed by atoms with Crippen molar-refractivity contribution >= 4 is 31.6 Å². The molecule has 0 aromatic heterocycles. The van der Waals surface area contributed by atoms with Crippen molar-refractivity contribution in [1.82, 2.24) is 4.31 Å². The molecule has 4 nitrogen and oxygen atoms in total. The highest BCUT2D eigenvalue weighted by Crippen LogP contribution is 2.26. The summed E-state index contributed by atoms with van der Waals surface area (Å²) in [6, 6.07) is 4.68. The van der Waals surface area contributed by atoms with Gasteiger partial charge in [0.1, 0.15) is 0 Å². The lowest BCUT2D eigenvalue weighted by Crippen LogP contribution is -2.28. The van der Waals surface area contributed by atoms with Gasteiger partial charge in [0.15, 0.2) is 0 Å². The fourth-order valence-electron chi connectivity index (χ4n) is 1.47. The van der Waals surface area contributed by atoms with Gasteiger partial charge < -0.3 is 5.73 Å². The van der Waals surface area contributed by atoms with Gasteiger partial charge in [-0.3, -0.25) is 0 Å². The van der Waals surface area contributed by atoms with Gasteiger partial charge in [0, 0.05) is 23.8 Å². The van der Waals surface area contributed by atoms with E-state index in [-0.39, 0.29) is 4.90 Å². The molecule has 1 aromatic rings. The topological polar surface area (TPSA) is 63.4 Å². The van der Waals surface area contributed by atoms with Gasteiger partial charge in [-0.1, -0.05) is 6.08 Å². The number of rotatable bonds is 6. The SMILES string of the molecule is C=CCCCN(C)S(=O)(=O)c1ccc(N)cc1Br. The van der Waals surface area contributed by atoms with Gasteiger partial charge in [0.25, 0.3) is 0 Å². The second kappa shape index (κ2) is 6.36. The summed E-state index contributed by atoms with van der Waals surface area (Å²) in [7, 11) is -1.90. The lowest BCUT2D eigenvalue weighted by Gasteiger charge is -2.17. The van der Waals surface area contributed by atoms with Gasteiger partial charge >= 0.3 is 0 Å². The lowest BCUT2D eigenvalue weighted by atomic mass is 10.3. The maximum atomic E-state index is 12.3. The zero-order chi connectivity index (χ0) is 13.8. The Balaban J connectivity index is 2.94. The van der Waals surface area contributed by atoms with Gasteiger partial charge in [-0.15, -0.1) is 6.58 Å². The van der Waals surface area contributed by atoms with Crippen LogP contribution in [0.3, 0.4) is 0 Å². The molecular weight excluding hydrogens is 316 g/mol. The lowest BCUT2D eigenvalue weighted by molar-refractivity contribution is 0.462. The monoisotopic (exact) mass is 332 g/mol. The largest absolute Gasteiger partial charge is 0.399 e. The molecule has 0 heterocycles. The number of anilines is 1. The number of benzene rings is 1. The first-order chi connectivity index (χ1) is 8.39. The van der Waals surface area contributed by atoms with Gasteiger partial charge in [0.05, 0.1) is 4.90 Å². The molecule has 1 aromatic carbocycles. The third-order valence-electron chi connectivity index (χ3n) is 2.53. The summed E-state index contributed by atoms with van der Waals surface area (Å²) in [6.07, 6.45) is 3.33. The first kappa shape index (κ1) is 15.2. The van der Waals surface area contributed by atoms with Crippen LogP contribution in [0.1, 0.15) is 12.8 Å². The Labute approximate surface area is 117 Å². The first-order valence-corrected chi connectivity index (χ1v) is 7.75. The van der Waals surface area contributed by atoms with Gasteiger partial charge in [-0.2, -0.15) is 0 Å². The van der Waals surface area contributed by atoms with Gasteiger partial charge in [0.2, 0.25) is 10.0 Å². The van der Waals surface area contributed by atoms with Crippen molar-refractivity contribution in [3.05, 3.63) is 35.3 Å². The van der Waals surface area contributed by atoms with Crippen LogP contribution < -0.4 is 5.73 Å². The number of nitrogens with zero attached hydrogens (tertiary/aromatic N) is 1. The third-order valence-corrected chi connectivity index (χ3v) is 5.36. The predicted molar refractivity (Wildman–Crippen MR) is 77.8 cm³/mol. The van der Waals surface area contributed by atoms with Crippen molar-refractivity contribution in [2.24, 2.45) is 0 Å². The van der Waals surface area contributed by atoms with E-state index < -0.39 is 10.0 Å². The average Bonchev–Trinajstić information content (AvgIpc) is 2.28. The second-order valence-corrected chi connectivity index (χ2v) is 6.81. The Hall–Kier alpha value is -0.850. The highest BCUT2D eigenvalue weighted by molar-refractivity contribution is 9.10. The van der Waals surface area contributed by atoms with Gasteiger partial charge in [-0.05, 0) is 47.0 Å². The summed E-state index contributed by atoms with van der Waals surface area (Å²) in [5.74, 6) is 0. The third kappa shape index (κ3) is 3.57. The summed E-state index contributed by atoms with van der Waals surface area (Å²) < 4.78 is 26.4. The van der Waals surface area contributed by atoms with E-state index in [1.807, 2.05) is 0 Å². The van der Waals surface area contributed by atoms with Crippen LogP contribution in [0.5, 0.6) is 0 Å². The van der Waals surface area contributed by atoms with E-state index in [2.05, 4.69) is 22.5 Å². The maximum absolute atomic E-state index is 12.3. The standard InChI is InChI=1S/C12H17BrN2O2S/c1-3-4-5-8-15(2)18(16,17)12-7-6-10(14)9-11(12)13/h3,6-7,9H,1,4-5,8,14H2,2H3. The number of sulfonamides is 1. The van der Waals surface area contributed by atoms with E-state index in [9.17, 15) is 8.42 Å². The summed E-state index contributed by atoms with van der Waals surface area (Å²) in [5.41, 5.74) is 6.12. The molecule has 1 rings (SSSR count). The minimum atomic E-state index is -3.47. The fourth-order valence-corrected chi connectivity index (χ4v) is 3.73. The summed E-state index contributed by atoms with van der Waals surface area (Å²) in [4.78, 5) is 0.234. The molecular formula is C12H17BrN2O2S. The van der Waals surface area contributed by atoms with E-state index in [0.29, 0.717) is 16.7 Å². The smallest absolute Gasteiger partial charge is 0.243 e. The minimum Gasteiger partial charge on any atom is -0.399 e. The van der Waals surface area contributed by atoms with Crippen LogP contribution in [-0.4, -0.2) is 26.3 Å². The minimum absolute atomic E-state index is 0.234. The van der Waals surface area contributed by atoms with Crippen molar-refractivity contribution in [1.29, 1.82) is 0 Å². The quantitative estimate of drug-likeness (QED) is 0.494. The molecule has 0 radical (unpaired) electrons. The molecule has 0 aliphatic heterocycles. The molecule has 0 aliphatic carbocycles. The van der Waals surface area contributed by atoms with Crippen LogP contribution in [0, 0.1) is 0 Å². The van der Waals surface area contributed by atoms with Crippen LogP contribution >= 0.6 is 15.9 Å². The molecule has 0 amide bonds. The number of hydrogen-bond acceptors (Lipinski definition) is 3. The summed E-state index contributed by atoms with van der Waals surface area (Å²) >= 11 is 3.23. The van der Waals surface area contributed by atoms with Crippen molar-refractivity contribution in [3.8, 4) is 0 Å². The molecule has 0 fully saturated rings. The molecule has 2 N–H and O–H groups in total. The number of nitrogen functional groups attached to an aromatic ring is 1. The molecule has 0 saturated heterocycles. The normalized spacial score (nSPS) is 11.7. The molecule has 0 bridgehead atoms. The van der Waals surface area contributed by atoms with Crippen LogP contribution in [0.25, 0.3) is 0 Å². The van der Waals surface area contributed by atoms with Crippen molar-refractivity contribution in [3.63, 3.8) is 0 Å². The number of halogens is 1. The Morgan fingerprint density at radius 3 is 2.72 bits per heavy atom. The number of allylic oxidation sites excluding steroid dienone is 1. The Morgan fingerprint density at radius 1 is 1.50 bits per heavy atom. The molecule has 0 saturated carbocycles. The number of unbranched alkanes of at least 4 members (excludes halogenated alkanes) is 1. The van der Waals surface area contributed by atoms with Crippen LogP contribution in [0.15, 0.2) is 40.2 Å². The molecule has 0 atom stereocenters. The highest BCUT2D eigenvalue weighted by atomic mass is 79.9. The molecule has 6 heteroatoms. The van der Waals surface area contributed by atoms with Crippen molar-refractivity contribution in [2.45, 2.75) is 17.7 Å². The molecule has 100 valence electrons. The van der Waals surface area contributed by atoms with Crippen molar-refractivity contribution in [2.75, 3.05) is 19.3 Å². The Bertz CT molecular complexity index is 529. The van der Waals surface area contributed by atoms with E-state index in [1.165, 1.54) is 10.4 Å². The second-order valence-electron chi connectivity index (χ2n) is 3.95. The first-order valence-electron chi connectivity index (χ1n) is 5.52. The van der Waals surface area contributed by atoms with E-state index in [0.717, 1.165) is 12.8 Å². The van der Waals surface area contributed by atoms with E-state index in [4.69, 9.17) is 5.73 Å². The average molecular weight is 333 g/mol. The van der Waals surface area contributed by atoms with Crippen LogP contribution in [0.4, 0.5) is 5.69 Å².